The number of nitrogens with two attached hydrogens (primary N) is 1. The van der Waals surface area contributed by atoms with Gasteiger partial charge in [0.2, 0.25) is 0 Å². The third-order valence-corrected chi connectivity index (χ3v) is 21.6. The summed E-state index contributed by atoms with van der Waals surface area (Å²) in [5, 5.41) is 5.45. The van der Waals surface area contributed by atoms with Crippen molar-refractivity contribution in [3.63, 3.8) is 0 Å². The van der Waals surface area contributed by atoms with Crippen molar-refractivity contribution in [1.82, 2.24) is 9.97 Å². The number of carbonyl (C=O) groups excluding carboxylic acids is 1. The van der Waals surface area contributed by atoms with Crippen LogP contribution in [-0.4, -0.2) is 69.2 Å². The Morgan fingerprint density at radius 2 is 1.08 bits per heavy atom. The van der Waals surface area contributed by atoms with E-state index in [4.69, 9.17) is 14.0 Å². The molecule has 0 radical (unpaired) electrons. The zero-order valence-electron chi connectivity index (χ0n) is 35.2. The van der Waals surface area contributed by atoms with Crippen LogP contribution < -0.4 is 5.14 Å². The maximum absolute atomic E-state index is 12.5. The highest BCUT2D eigenvalue weighted by Crippen LogP contribution is 2.37. The molecule has 2 aromatic rings. The standard InChI is InChI=1S/C19H33BrN2O2SSi.C15H24BrNO2Si.C4H11NOS/c1-18(2,3)25(23)22-16(15-11-9-13-17(20)21-15)12-10-14-24-26(7,8)19(4,5)6;1-15(2,3)20(4,5)19-11-7-9-13(18)12-8-6-10-14(16)17-12;1-4(2,3)7(5)6/h9,11,13H,10,12,14H2,1-8H3;6,8,10H,7,9,11H2,1-5H3;5H2,1-3H3/t25-;;7-/m1.1/s1. The van der Waals surface area contributed by atoms with Crippen molar-refractivity contribution in [3.8, 4) is 0 Å². The zero-order chi connectivity index (χ0) is 41.6. The minimum Gasteiger partial charge on any atom is -0.417 e. The summed E-state index contributed by atoms with van der Waals surface area (Å²) in [6.45, 7) is 35.0. The number of halogens is 2. The first-order valence-electron chi connectivity index (χ1n) is 18.0. The van der Waals surface area contributed by atoms with Gasteiger partial charge in [-0.05, 0) is 153 Å². The second kappa shape index (κ2) is 22.2. The van der Waals surface area contributed by atoms with E-state index in [2.05, 4.69) is 114 Å². The topological polar surface area (TPSA) is 134 Å². The highest BCUT2D eigenvalue weighted by molar-refractivity contribution is 9.10. The number of Topliss-reactive ketones (excluding diaryl/α,β-unsaturated/α-hetero) is 1. The predicted molar refractivity (Wildman–Crippen MR) is 239 cm³/mol. The second-order valence-corrected chi connectivity index (χ2v) is 32.8. The molecule has 2 heterocycles. The Kier molecular flexibility index (Phi) is 21.9. The lowest BCUT2D eigenvalue weighted by molar-refractivity contribution is 0.0967. The Bertz CT molecular complexity index is 1530. The average Bonchev–Trinajstić information content (AvgIpc) is 2.99. The van der Waals surface area contributed by atoms with Gasteiger partial charge >= 0.3 is 0 Å². The van der Waals surface area contributed by atoms with Crippen LogP contribution >= 0.6 is 31.9 Å². The summed E-state index contributed by atoms with van der Waals surface area (Å²) in [4.78, 5) is 20.7. The molecular weight excluding hydrogens is 873 g/mol. The SMILES string of the molecule is CC(C)(C)[S@@](=O)N=C(CCCO[Si](C)(C)C(C)(C)C)c1cccc(Br)n1.CC(C)(C)[S@](N)=O.CC(C)(C)[Si](C)(C)OCCCC(=O)c1cccc(Br)n1. The fourth-order valence-electron chi connectivity index (χ4n) is 3.28. The van der Waals surface area contributed by atoms with E-state index in [1.807, 2.05) is 71.9 Å². The molecule has 0 spiro atoms. The van der Waals surface area contributed by atoms with Crippen molar-refractivity contribution in [3.05, 3.63) is 57.0 Å². The van der Waals surface area contributed by atoms with Crippen LogP contribution in [0.3, 0.4) is 0 Å². The fraction of sp³-hybridized carbons (Fsp3) is 0.684. The van der Waals surface area contributed by atoms with Gasteiger partial charge in [0.1, 0.15) is 25.9 Å². The molecule has 2 aromatic heterocycles. The molecule has 0 fully saturated rings. The molecule has 0 aliphatic rings. The van der Waals surface area contributed by atoms with Gasteiger partial charge in [-0.25, -0.2) is 18.4 Å². The summed E-state index contributed by atoms with van der Waals surface area (Å²) < 4.78 is 40.5. The lowest BCUT2D eigenvalue weighted by atomic mass is 10.1. The summed E-state index contributed by atoms with van der Waals surface area (Å²) in [6.07, 6.45) is 2.76. The first-order valence-corrected chi connectivity index (χ1v) is 27.8. The summed E-state index contributed by atoms with van der Waals surface area (Å²) in [5.41, 5.74) is 2.06. The molecule has 0 saturated carbocycles. The molecule has 53 heavy (non-hydrogen) atoms. The van der Waals surface area contributed by atoms with Crippen LogP contribution in [0, 0.1) is 0 Å². The fourth-order valence-corrected chi connectivity index (χ4v) is 6.80. The van der Waals surface area contributed by atoms with Crippen LogP contribution in [0.2, 0.25) is 36.3 Å². The van der Waals surface area contributed by atoms with Crippen LogP contribution in [0.25, 0.3) is 0 Å². The molecule has 9 nitrogen and oxygen atoms in total. The van der Waals surface area contributed by atoms with E-state index >= 15 is 0 Å². The molecule has 304 valence electrons. The molecule has 0 aromatic carbocycles. The van der Waals surface area contributed by atoms with Crippen molar-refractivity contribution in [1.29, 1.82) is 0 Å². The van der Waals surface area contributed by atoms with Crippen LogP contribution in [0.4, 0.5) is 0 Å². The number of carbonyl (C=O) groups is 1. The van der Waals surface area contributed by atoms with Crippen LogP contribution in [0.1, 0.15) is 125 Å². The highest BCUT2D eigenvalue weighted by atomic mass is 79.9. The molecule has 15 heteroatoms. The molecule has 0 amide bonds. The van der Waals surface area contributed by atoms with Gasteiger partial charge in [0.15, 0.2) is 22.4 Å². The molecule has 0 aliphatic carbocycles. The second-order valence-electron chi connectivity index (χ2n) is 17.8. The molecule has 0 unspecified atom stereocenters. The molecular formula is C38H68Br2N4O5S2Si2. The van der Waals surface area contributed by atoms with E-state index in [1.165, 1.54) is 0 Å². The van der Waals surface area contributed by atoms with E-state index in [0.717, 1.165) is 28.9 Å². The first kappa shape index (κ1) is 52.2. The predicted octanol–water partition coefficient (Wildman–Crippen LogP) is 11.1. The smallest absolute Gasteiger partial charge is 0.191 e. The van der Waals surface area contributed by atoms with E-state index in [-0.39, 0.29) is 20.6 Å². The number of pyridine rings is 2. The van der Waals surface area contributed by atoms with Gasteiger partial charge in [-0.15, -0.1) is 0 Å². The number of nitrogens with zero attached hydrogens (tertiary/aromatic N) is 3. The normalized spacial score (nSPS) is 14.4. The van der Waals surface area contributed by atoms with Gasteiger partial charge in [0, 0.05) is 19.6 Å². The summed E-state index contributed by atoms with van der Waals surface area (Å²) in [7, 11) is -5.94. The summed E-state index contributed by atoms with van der Waals surface area (Å²) >= 11 is 6.68. The van der Waals surface area contributed by atoms with Gasteiger partial charge in [-0.1, -0.05) is 53.7 Å². The van der Waals surface area contributed by atoms with E-state index in [1.54, 1.807) is 6.07 Å². The van der Waals surface area contributed by atoms with Crippen molar-refractivity contribution < 1.29 is 22.1 Å². The van der Waals surface area contributed by atoms with E-state index in [9.17, 15) is 13.2 Å². The third-order valence-electron chi connectivity index (χ3n) is 8.98. The largest absolute Gasteiger partial charge is 0.417 e. The van der Waals surface area contributed by atoms with Crippen LogP contribution in [-0.2, 0) is 30.8 Å². The molecule has 0 bridgehead atoms. The minimum atomic E-state index is -1.75. The van der Waals surface area contributed by atoms with Crippen LogP contribution in [0.5, 0.6) is 0 Å². The molecule has 2 rings (SSSR count). The van der Waals surface area contributed by atoms with Gasteiger partial charge in [0.05, 0.1) is 31.9 Å². The first-order chi connectivity index (χ1) is 23.8. The Morgan fingerprint density at radius 1 is 0.698 bits per heavy atom. The maximum Gasteiger partial charge on any atom is 0.191 e. The van der Waals surface area contributed by atoms with Crippen molar-refractivity contribution in [2.45, 2.75) is 155 Å². The highest BCUT2D eigenvalue weighted by Gasteiger charge is 2.37. The van der Waals surface area contributed by atoms with Crippen molar-refractivity contribution >= 4 is 82.0 Å². The number of rotatable bonds is 13. The lowest BCUT2D eigenvalue weighted by Gasteiger charge is -2.36. The van der Waals surface area contributed by atoms with Crippen LogP contribution in [0.15, 0.2) is 50.0 Å². The number of ketones is 1. The molecule has 0 aliphatic heterocycles. The Hall–Kier alpha value is -0.786. The monoisotopic (exact) mass is 938 g/mol. The van der Waals surface area contributed by atoms with Gasteiger partial charge < -0.3 is 8.85 Å². The molecule has 2 N–H and O–H groups in total. The van der Waals surface area contributed by atoms with Gasteiger partial charge in [0.25, 0.3) is 0 Å². The average molecular weight is 941 g/mol. The summed E-state index contributed by atoms with van der Waals surface area (Å²) in [5.74, 6) is 0.0742. The molecule has 2 atom stereocenters. The van der Waals surface area contributed by atoms with Crippen molar-refractivity contribution in [2.75, 3.05) is 13.2 Å². The number of aromatic nitrogens is 2. The summed E-state index contributed by atoms with van der Waals surface area (Å²) in [6, 6.07) is 11.1. The quantitative estimate of drug-likeness (QED) is 0.0695. The Labute approximate surface area is 346 Å². The van der Waals surface area contributed by atoms with E-state index in [0.29, 0.717) is 36.4 Å². The Morgan fingerprint density at radius 3 is 1.43 bits per heavy atom. The van der Waals surface area contributed by atoms with Gasteiger partial charge in [-0.2, -0.15) is 4.40 Å². The number of hydrogen-bond acceptors (Lipinski definition) is 7. The maximum atomic E-state index is 12.5. The minimum absolute atomic E-state index is 0.0742. The zero-order valence-corrected chi connectivity index (χ0v) is 42.0. The molecule has 0 saturated heterocycles. The van der Waals surface area contributed by atoms with Crippen molar-refractivity contribution in [2.24, 2.45) is 9.54 Å². The lowest BCUT2D eigenvalue weighted by Crippen LogP contribution is -2.41. The van der Waals surface area contributed by atoms with E-state index < -0.39 is 43.4 Å². The third kappa shape index (κ3) is 20.8. The Balaban J connectivity index is 0.000000884. The van der Waals surface area contributed by atoms with Gasteiger partial charge in [-0.3, -0.25) is 9.93 Å². The number of hydrogen-bond donors (Lipinski definition) is 1.